The van der Waals surface area contributed by atoms with Gasteiger partial charge in [-0.15, -0.1) is 4.36 Å². The van der Waals surface area contributed by atoms with Crippen molar-refractivity contribution in [3.05, 3.63) is 93.8 Å². The summed E-state index contributed by atoms with van der Waals surface area (Å²) >= 11 is 6.57. The monoisotopic (exact) mass is 760 g/mol. The zero-order valence-electron chi connectivity index (χ0n) is 30.7. The van der Waals surface area contributed by atoms with E-state index in [0.717, 1.165) is 42.2 Å². The number of fused-ring (bicyclic) bond motifs is 5. The summed E-state index contributed by atoms with van der Waals surface area (Å²) in [5.74, 6) is 1.05. The molecule has 2 amide bonds. The third-order valence-electron chi connectivity index (χ3n) is 12.4. The van der Waals surface area contributed by atoms with E-state index in [1.807, 2.05) is 22.8 Å². The van der Waals surface area contributed by atoms with Crippen molar-refractivity contribution in [2.24, 2.45) is 22.1 Å². The van der Waals surface area contributed by atoms with Gasteiger partial charge in [0.2, 0.25) is 0 Å². The zero-order valence-corrected chi connectivity index (χ0v) is 32.3. The van der Waals surface area contributed by atoms with Gasteiger partial charge in [0.1, 0.15) is 15.7 Å². The molecule has 2 aliphatic carbocycles. The van der Waals surface area contributed by atoms with Gasteiger partial charge in [0.15, 0.2) is 0 Å². The van der Waals surface area contributed by atoms with Crippen LogP contribution in [0.3, 0.4) is 0 Å². The number of anilines is 1. The van der Waals surface area contributed by atoms with Gasteiger partial charge in [-0.05, 0) is 103 Å². The highest BCUT2D eigenvalue weighted by Gasteiger charge is 2.47. The fourth-order valence-electron chi connectivity index (χ4n) is 9.20. The SMILES string of the molecule is CO[C@H]1/C=C/CCC[S@@](=O)(NC(=O)c2cc3n(c2)CCOC3)=NC(=O)c2ccc3c(c2)N(C[C@@H]2CC[C@H]21)C[C@]1(CO3)C[C@H](C)[C@H](C)c2cc(Cl)ccc21. The average Bonchev–Trinajstić information content (AvgIpc) is 3.51. The molecule has 53 heavy (non-hydrogen) atoms. The Labute approximate surface area is 317 Å². The maximum absolute atomic E-state index is 14.5. The molecule has 10 nitrogen and oxygen atoms in total. The number of nitrogens with zero attached hydrogens (tertiary/aromatic N) is 3. The average molecular weight is 761 g/mol. The summed E-state index contributed by atoms with van der Waals surface area (Å²) < 4.78 is 41.7. The Kier molecular flexibility index (Phi) is 9.97. The Morgan fingerprint density at radius 2 is 2.02 bits per heavy atom. The molecule has 1 aromatic heterocycles. The van der Waals surface area contributed by atoms with Crippen LogP contribution in [0, 0.1) is 17.8 Å². The third kappa shape index (κ3) is 7.06. The molecule has 1 N–H and O–H groups in total. The number of hydrogen-bond donors (Lipinski definition) is 1. The number of ether oxygens (including phenoxy) is 3. The number of nitrogens with one attached hydrogen (secondary N) is 1. The number of halogens is 1. The fraction of sp³-hybridized carbons (Fsp3) is 0.512. The summed E-state index contributed by atoms with van der Waals surface area (Å²) in [6, 6.07) is 13.4. The first-order valence-corrected chi connectivity index (χ1v) is 21.0. The van der Waals surface area contributed by atoms with E-state index >= 15 is 0 Å². The molecule has 0 radical (unpaired) electrons. The van der Waals surface area contributed by atoms with Crippen molar-refractivity contribution in [2.75, 3.05) is 44.1 Å². The van der Waals surface area contributed by atoms with Crippen molar-refractivity contribution in [3.8, 4) is 5.75 Å². The van der Waals surface area contributed by atoms with Crippen LogP contribution in [0.2, 0.25) is 5.02 Å². The summed E-state index contributed by atoms with van der Waals surface area (Å²) in [4.78, 5) is 30.0. The van der Waals surface area contributed by atoms with Crippen LogP contribution in [0.4, 0.5) is 5.69 Å². The number of hydrogen-bond acceptors (Lipinski definition) is 7. The van der Waals surface area contributed by atoms with Gasteiger partial charge >= 0.3 is 0 Å². The first-order chi connectivity index (χ1) is 25.5. The van der Waals surface area contributed by atoms with E-state index in [1.54, 1.807) is 25.4 Å². The Morgan fingerprint density at radius 3 is 2.81 bits per heavy atom. The Morgan fingerprint density at radius 1 is 1.15 bits per heavy atom. The Hall–Kier alpha value is -3.64. The van der Waals surface area contributed by atoms with Gasteiger partial charge in [-0.1, -0.05) is 43.7 Å². The summed E-state index contributed by atoms with van der Waals surface area (Å²) in [5.41, 5.74) is 4.60. The van der Waals surface area contributed by atoms with Crippen LogP contribution in [0.25, 0.3) is 0 Å². The van der Waals surface area contributed by atoms with Crippen molar-refractivity contribution in [2.45, 2.75) is 76.5 Å². The number of amides is 2. The first-order valence-electron chi connectivity index (χ1n) is 18.9. The third-order valence-corrected chi connectivity index (χ3v) is 14.4. The molecule has 4 heterocycles. The minimum Gasteiger partial charge on any atom is -0.490 e. The minimum absolute atomic E-state index is 0.0257. The van der Waals surface area contributed by atoms with Gasteiger partial charge in [0.25, 0.3) is 11.8 Å². The molecule has 0 saturated heterocycles. The van der Waals surface area contributed by atoms with Crippen molar-refractivity contribution < 1.29 is 28.0 Å². The van der Waals surface area contributed by atoms with E-state index in [1.165, 1.54) is 11.1 Å². The van der Waals surface area contributed by atoms with Crippen LogP contribution < -0.4 is 14.4 Å². The molecule has 8 rings (SSSR count). The van der Waals surface area contributed by atoms with Gasteiger partial charge in [0, 0.05) is 54.6 Å². The van der Waals surface area contributed by atoms with Crippen LogP contribution in [0.1, 0.15) is 89.4 Å². The predicted molar refractivity (Wildman–Crippen MR) is 206 cm³/mol. The largest absolute Gasteiger partial charge is 0.490 e. The standard InChI is InChI=1S/C41H49ClN4O6S/c1-26-20-41(35-12-10-31(42)19-34(35)27(26)2)24-46-21-29-8-11-33(29)37(50-3)7-5-4-6-16-53(49,43-39(47)28-9-13-38(52-25-41)36(46)18-28)44-40(48)30-17-32-23-51-15-14-45(32)22-30/h5,7,9-10,12-13,17-19,22,26-27,29,33,37H,4,6,8,11,14-16,20-21,23-25H2,1-3H3,(H,43,44,47,48,49)/b7-5+/t26-,27-,29-,33+,37-,41-,53-/m0/s1. The highest BCUT2D eigenvalue weighted by atomic mass is 35.5. The van der Waals surface area contributed by atoms with Crippen LogP contribution in [0.15, 0.2) is 65.2 Å². The van der Waals surface area contributed by atoms with Crippen molar-refractivity contribution in [3.63, 3.8) is 0 Å². The van der Waals surface area contributed by atoms with Crippen molar-refractivity contribution >= 4 is 39.0 Å². The molecule has 2 bridgehead atoms. The van der Waals surface area contributed by atoms with E-state index < -0.39 is 21.7 Å². The quantitative estimate of drug-likeness (QED) is 0.279. The highest BCUT2D eigenvalue weighted by molar-refractivity contribution is 7.92. The summed E-state index contributed by atoms with van der Waals surface area (Å²) in [5, 5.41) is 0.737. The number of aromatic nitrogens is 1. The van der Waals surface area contributed by atoms with Crippen LogP contribution in [-0.4, -0.2) is 65.9 Å². The summed E-state index contributed by atoms with van der Waals surface area (Å²) in [7, 11) is -1.72. The van der Waals surface area contributed by atoms with Gasteiger partial charge in [-0.2, -0.15) is 0 Å². The second kappa shape index (κ2) is 14.5. The summed E-state index contributed by atoms with van der Waals surface area (Å²) in [6.07, 6.45) is 10.1. The Bertz CT molecular complexity index is 2050. The second-order valence-electron chi connectivity index (χ2n) is 15.7. The lowest BCUT2D eigenvalue weighted by Crippen LogP contribution is -2.51. The number of benzene rings is 2. The lowest BCUT2D eigenvalue weighted by molar-refractivity contribution is 0.0131. The fourth-order valence-corrected chi connectivity index (χ4v) is 11.0. The summed E-state index contributed by atoms with van der Waals surface area (Å²) in [6.45, 7) is 8.17. The van der Waals surface area contributed by atoms with Gasteiger partial charge < -0.3 is 23.7 Å². The van der Waals surface area contributed by atoms with Gasteiger partial charge in [0.05, 0.1) is 42.9 Å². The van der Waals surface area contributed by atoms with Crippen LogP contribution in [0.5, 0.6) is 5.75 Å². The lowest BCUT2D eigenvalue weighted by Gasteiger charge is -2.48. The molecule has 12 heteroatoms. The molecular weight excluding hydrogens is 712 g/mol. The molecule has 282 valence electrons. The smallest absolute Gasteiger partial charge is 0.286 e. The van der Waals surface area contributed by atoms with Gasteiger partial charge in [-0.3, -0.25) is 14.3 Å². The van der Waals surface area contributed by atoms with Crippen molar-refractivity contribution in [1.82, 2.24) is 9.29 Å². The minimum atomic E-state index is -3.49. The molecule has 0 unspecified atom stereocenters. The molecule has 5 aliphatic rings. The topological polar surface area (TPSA) is 111 Å². The second-order valence-corrected chi connectivity index (χ2v) is 18.3. The zero-order chi connectivity index (χ0) is 36.9. The number of carbonyl (C=O) groups is 2. The van der Waals surface area contributed by atoms with E-state index in [2.05, 4.69) is 52.1 Å². The van der Waals surface area contributed by atoms with Crippen LogP contribution in [-0.2, 0) is 38.0 Å². The predicted octanol–water partition coefficient (Wildman–Crippen LogP) is 7.30. The van der Waals surface area contributed by atoms with E-state index in [9.17, 15) is 13.8 Å². The Balaban J connectivity index is 1.18. The molecule has 3 aliphatic heterocycles. The number of allylic oxidation sites excluding steroid dienone is 1. The molecule has 2 aromatic carbocycles. The number of carbonyl (C=O) groups excluding carboxylic acids is 2. The van der Waals surface area contributed by atoms with Gasteiger partial charge in [-0.25, -0.2) is 4.21 Å². The molecule has 1 spiro atoms. The first kappa shape index (κ1) is 36.3. The molecule has 1 fully saturated rings. The van der Waals surface area contributed by atoms with E-state index in [4.69, 9.17) is 25.8 Å². The molecule has 1 saturated carbocycles. The lowest BCUT2D eigenvalue weighted by atomic mass is 9.62. The number of rotatable bonds is 3. The molecular formula is C41H49ClN4O6S. The number of methoxy groups -OCH3 is 1. The van der Waals surface area contributed by atoms with Crippen LogP contribution >= 0.6 is 11.6 Å². The van der Waals surface area contributed by atoms with Crippen molar-refractivity contribution in [1.29, 1.82) is 0 Å². The normalized spacial score (nSPS) is 31.8. The maximum Gasteiger partial charge on any atom is 0.286 e. The van der Waals surface area contributed by atoms with E-state index in [0.29, 0.717) is 86.3 Å². The highest BCUT2D eigenvalue weighted by Crippen LogP contribution is 2.51. The molecule has 3 aromatic rings. The molecule has 7 atom stereocenters. The maximum atomic E-state index is 14.5. The van der Waals surface area contributed by atoms with E-state index in [-0.39, 0.29) is 17.3 Å².